The van der Waals surface area contributed by atoms with Crippen molar-refractivity contribution >= 4 is 29.0 Å². The van der Waals surface area contributed by atoms with Crippen molar-refractivity contribution in [3.63, 3.8) is 0 Å². The Morgan fingerprint density at radius 1 is 1.52 bits per heavy atom. The Labute approximate surface area is 126 Å². The van der Waals surface area contributed by atoms with Gasteiger partial charge < -0.3 is 15.8 Å². The van der Waals surface area contributed by atoms with Crippen molar-refractivity contribution in [1.29, 1.82) is 0 Å². The van der Waals surface area contributed by atoms with Gasteiger partial charge in [0.05, 0.1) is 18.0 Å². The van der Waals surface area contributed by atoms with Crippen LogP contribution in [0.25, 0.3) is 0 Å². The second-order valence-electron chi connectivity index (χ2n) is 4.29. The van der Waals surface area contributed by atoms with Gasteiger partial charge in [0.1, 0.15) is 5.75 Å². The van der Waals surface area contributed by atoms with Gasteiger partial charge in [0.25, 0.3) is 0 Å². The van der Waals surface area contributed by atoms with Gasteiger partial charge in [-0.25, -0.2) is 4.68 Å². The first-order chi connectivity index (χ1) is 10.0. The number of anilines is 2. The summed E-state index contributed by atoms with van der Waals surface area (Å²) in [6.45, 7) is 1.78. The van der Waals surface area contributed by atoms with E-state index in [0.29, 0.717) is 22.3 Å². The number of tetrazole rings is 1. The molecule has 0 saturated heterocycles. The van der Waals surface area contributed by atoms with E-state index in [9.17, 15) is 4.79 Å². The number of carbonyl (C=O) groups is 1. The van der Waals surface area contributed by atoms with E-state index in [1.165, 1.54) is 23.6 Å². The molecule has 9 heteroatoms. The van der Waals surface area contributed by atoms with Gasteiger partial charge >= 0.3 is 0 Å². The molecule has 1 aromatic carbocycles. The zero-order valence-corrected chi connectivity index (χ0v) is 12.7. The van der Waals surface area contributed by atoms with Crippen molar-refractivity contribution in [2.75, 3.05) is 18.2 Å². The maximum atomic E-state index is 12.2. The van der Waals surface area contributed by atoms with E-state index in [4.69, 9.17) is 10.5 Å². The summed E-state index contributed by atoms with van der Waals surface area (Å²) in [4.78, 5) is 12.2. The summed E-state index contributed by atoms with van der Waals surface area (Å²) in [7, 11) is 3.24. The van der Waals surface area contributed by atoms with Gasteiger partial charge in [0.2, 0.25) is 11.1 Å². The van der Waals surface area contributed by atoms with Crippen molar-refractivity contribution < 1.29 is 9.53 Å². The van der Waals surface area contributed by atoms with Crippen LogP contribution in [0, 0.1) is 0 Å². The number of hydrogen-bond donors (Lipinski definition) is 2. The molecular weight excluding hydrogens is 292 g/mol. The maximum absolute atomic E-state index is 12.2. The molecule has 0 saturated carbocycles. The number of methoxy groups -OCH3 is 1. The van der Waals surface area contributed by atoms with Gasteiger partial charge in [-0.05, 0) is 29.5 Å². The third kappa shape index (κ3) is 3.63. The topological polar surface area (TPSA) is 108 Å². The molecular formula is C12H16N6O2S. The summed E-state index contributed by atoms with van der Waals surface area (Å²) in [6.07, 6.45) is 0. The van der Waals surface area contributed by atoms with Crippen LogP contribution in [0.15, 0.2) is 23.4 Å². The minimum Gasteiger partial charge on any atom is -0.494 e. The molecule has 0 spiro atoms. The number of carbonyl (C=O) groups excluding carboxylic acids is 1. The second kappa shape index (κ2) is 6.44. The van der Waals surface area contributed by atoms with Gasteiger partial charge in [0, 0.05) is 18.8 Å². The summed E-state index contributed by atoms with van der Waals surface area (Å²) in [6, 6.07) is 5.05. The van der Waals surface area contributed by atoms with E-state index >= 15 is 0 Å². The zero-order chi connectivity index (χ0) is 15.4. The van der Waals surface area contributed by atoms with Crippen molar-refractivity contribution in [3.8, 4) is 5.75 Å². The molecule has 0 radical (unpaired) electrons. The van der Waals surface area contributed by atoms with Crippen molar-refractivity contribution in [3.05, 3.63) is 18.2 Å². The standard InChI is InChI=1S/C12H16N6O2S/c1-7(21-12-15-16-17-18(12)2)11(19)14-9-5-4-8(13)6-10(9)20-3/h4-7H,13H2,1-3H3,(H,14,19). The summed E-state index contributed by atoms with van der Waals surface area (Å²) >= 11 is 1.27. The van der Waals surface area contributed by atoms with Gasteiger partial charge in [0.15, 0.2) is 0 Å². The lowest BCUT2D eigenvalue weighted by Crippen LogP contribution is -2.23. The highest BCUT2D eigenvalue weighted by Gasteiger charge is 2.19. The normalized spacial score (nSPS) is 12.0. The SMILES string of the molecule is COc1cc(N)ccc1NC(=O)C(C)Sc1nnnn1C. The monoisotopic (exact) mass is 308 g/mol. The highest BCUT2D eigenvalue weighted by Crippen LogP contribution is 2.28. The fraction of sp³-hybridized carbons (Fsp3) is 0.333. The Balaban J connectivity index is 2.05. The van der Waals surface area contributed by atoms with Crippen molar-refractivity contribution in [2.24, 2.45) is 7.05 Å². The van der Waals surface area contributed by atoms with Crippen LogP contribution < -0.4 is 15.8 Å². The first-order valence-corrected chi connectivity index (χ1v) is 7.02. The minimum atomic E-state index is -0.364. The fourth-order valence-electron chi connectivity index (χ4n) is 1.58. The number of aromatic nitrogens is 4. The number of nitrogens with zero attached hydrogens (tertiary/aromatic N) is 4. The third-order valence-electron chi connectivity index (χ3n) is 2.72. The molecule has 1 heterocycles. The van der Waals surface area contributed by atoms with Crippen LogP contribution in [0.5, 0.6) is 5.75 Å². The van der Waals surface area contributed by atoms with E-state index in [1.54, 1.807) is 32.2 Å². The molecule has 1 unspecified atom stereocenters. The molecule has 1 atom stereocenters. The molecule has 2 aromatic rings. The van der Waals surface area contributed by atoms with Crippen LogP contribution in [0.3, 0.4) is 0 Å². The number of rotatable bonds is 5. The lowest BCUT2D eigenvalue weighted by Gasteiger charge is -2.13. The lowest BCUT2D eigenvalue weighted by molar-refractivity contribution is -0.115. The second-order valence-corrected chi connectivity index (χ2v) is 5.60. The molecule has 1 aromatic heterocycles. The van der Waals surface area contributed by atoms with Crippen LogP contribution in [-0.4, -0.2) is 38.5 Å². The van der Waals surface area contributed by atoms with E-state index in [2.05, 4.69) is 20.8 Å². The van der Waals surface area contributed by atoms with Crippen molar-refractivity contribution in [2.45, 2.75) is 17.3 Å². The average molecular weight is 308 g/mol. The number of aryl methyl sites for hydroxylation is 1. The smallest absolute Gasteiger partial charge is 0.237 e. The number of hydrogen-bond acceptors (Lipinski definition) is 7. The maximum Gasteiger partial charge on any atom is 0.237 e. The summed E-state index contributed by atoms with van der Waals surface area (Å²) in [5.74, 6) is 0.340. The Bertz CT molecular complexity index is 644. The van der Waals surface area contributed by atoms with Crippen LogP contribution in [0.1, 0.15) is 6.92 Å². The molecule has 0 bridgehead atoms. The zero-order valence-electron chi connectivity index (χ0n) is 11.9. The Morgan fingerprint density at radius 3 is 2.90 bits per heavy atom. The molecule has 0 aliphatic carbocycles. The first-order valence-electron chi connectivity index (χ1n) is 6.14. The lowest BCUT2D eigenvalue weighted by atomic mass is 10.2. The Kier molecular flexibility index (Phi) is 4.63. The van der Waals surface area contributed by atoms with E-state index in [1.807, 2.05) is 0 Å². The van der Waals surface area contributed by atoms with Crippen LogP contribution in [0.2, 0.25) is 0 Å². The molecule has 1 amide bonds. The molecule has 8 nitrogen and oxygen atoms in total. The number of thioether (sulfide) groups is 1. The average Bonchev–Trinajstić information content (AvgIpc) is 2.86. The third-order valence-corrected chi connectivity index (χ3v) is 3.84. The highest BCUT2D eigenvalue weighted by atomic mass is 32.2. The van der Waals surface area contributed by atoms with Gasteiger partial charge in [-0.15, -0.1) is 5.10 Å². The molecule has 21 heavy (non-hydrogen) atoms. The predicted molar refractivity (Wildman–Crippen MR) is 80.2 cm³/mol. The minimum absolute atomic E-state index is 0.175. The number of nitrogens with one attached hydrogen (secondary N) is 1. The van der Waals surface area contributed by atoms with Gasteiger partial charge in [-0.1, -0.05) is 11.8 Å². The number of nitrogen functional groups attached to an aromatic ring is 1. The largest absolute Gasteiger partial charge is 0.494 e. The van der Waals surface area contributed by atoms with E-state index < -0.39 is 0 Å². The van der Waals surface area contributed by atoms with Gasteiger partial charge in [-0.2, -0.15) is 0 Å². The van der Waals surface area contributed by atoms with Crippen LogP contribution >= 0.6 is 11.8 Å². The van der Waals surface area contributed by atoms with Gasteiger partial charge in [-0.3, -0.25) is 4.79 Å². The summed E-state index contributed by atoms with van der Waals surface area (Å²) in [5, 5.41) is 14.1. The molecule has 112 valence electrons. The summed E-state index contributed by atoms with van der Waals surface area (Å²) < 4.78 is 6.71. The quantitative estimate of drug-likeness (QED) is 0.624. The van der Waals surface area contributed by atoms with Crippen LogP contribution in [-0.2, 0) is 11.8 Å². The first kappa shape index (κ1) is 15.1. The Hall–Kier alpha value is -2.29. The Morgan fingerprint density at radius 2 is 2.29 bits per heavy atom. The molecule has 0 aliphatic heterocycles. The molecule has 0 aliphatic rings. The van der Waals surface area contributed by atoms with E-state index in [0.717, 1.165) is 0 Å². The number of benzene rings is 1. The van der Waals surface area contributed by atoms with Crippen molar-refractivity contribution in [1.82, 2.24) is 20.2 Å². The van der Waals surface area contributed by atoms with Crippen LogP contribution in [0.4, 0.5) is 11.4 Å². The predicted octanol–water partition coefficient (Wildman–Crippen LogP) is 0.920. The number of nitrogens with two attached hydrogens (primary N) is 1. The fourth-order valence-corrected chi connectivity index (χ4v) is 2.33. The highest BCUT2D eigenvalue weighted by molar-refractivity contribution is 8.00. The summed E-state index contributed by atoms with van der Waals surface area (Å²) in [5.41, 5.74) is 6.82. The van der Waals surface area contributed by atoms with E-state index in [-0.39, 0.29) is 11.2 Å². The molecule has 3 N–H and O–H groups in total. The molecule has 0 fully saturated rings. The molecule has 2 rings (SSSR count). The number of amides is 1. The number of ether oxygens (including phenoxy) is 1.